The highest BCUT2D eigenvalue weighted by atomic mass is 31.2. The highest BCUT2D eigenvalue weighted by Gasteiger charge is 2.30. The molecule has 0 aliphatic carbocycles. The minimum atomic E-state index is -4.95. The minimum absolute atomic E-state index is 0.102. The zero-order chi connectivity index (χ0) is 63.2. The predicted molar refractivity (Wildman–Crippen MR) is 340 cm³/mol. The molecule has 0 bridgehead atoms. The average Bonchev–Trinajstić information content (AvgIpc) is 3.48. The van der Waals surface area contributed by atoms with Crippen LogP contribution in [0, 0.1) is 23.7 Å². The van der Waals surface area contributed by atoms with Crippen LogP contribution < -0.4 is 0 Å². The number of ether oxygens (including phenoxy) is 4. The van der Waals surface area contributed by atoms with Crippen molar-refractivity contribution in [2.75, 3.05) is 39.6 Å². The summed E-state index contributed by atoms with van der Waals surface area (Å²) in [5.74, 6) is 0.806. The van der Waals surface area contributed by atoms with Gasteiger partial charge in [-0.1, -0.05) is 267 Å². The number of phosphoric acid groups is 2. The molecule has 19 heteroatoms. The molecule has 0 fully saturated rings. The minimum Gasteiger partial charge on any atom is -0.462 e. The normalized spacial score (nSPS) is 15.0. The molecular formula is C66H128O17P2. The van der Waals surface area contributed by atoms with Gasteiger partial charge in [0.15, 0.2) is 12.2 Å². The van der Waals surface area contributed by atoms with E-state index in [0.717, 1.165) is 114 Å². The van der Waals surface area contributed by atoms with Crippen molar-refractivity contribution in [2.45, 2.75) is 337 Å². The lowest BCUT2D eigenvalue weighted by Crippen LogP contribution is -2.30. The molecule has 17 nitrogen and oxygen atoms in total. The maximum Gasteiger partial charge on any atom is 0.472 e. The molecule has 0 heterocycles. The van der Waals surface area contributed by atoms with Crippen molar-refractivity contribution in [2.24, 2.45) is 23.7 Å². The Bertz CT molecular complexity index is 1700. The molecule has 0 aliphatic heterocycles. The van der Waals surface area contributed by atoms with Crippen molar-refractivity contribution < 1.29 is 80.2 Å². The fourth-order valence-corrected chi connectivity index (χ4v) is 11.3. The number of esters is 4. The fourth-order valence-electron chi connectivity index (χ4n) is 9.72. The van der Waals surface area contributed by atoms with Gasteiger partial charge in [0, 0.05) is 25.7 Å². The van der Waals surface area contributed by atoms with Crippen molar-refractivity contribution in [3.63, 3.8) is 0 Å². The van der Waals surface area contributed by atoms with Gasteiger partial charge in [0.1, 0.15) is 19.3 Å². The second-order valence-corrected chi connectivity index (χ2v) is 28.2. The third-order valence-corrected chi connectivity index (χ3v) is 17.7. The molecule has 0 rings (SSSR count). The van der Waals surface area contributed by atoms with Gasteiger partial charge in [-0.15, -0.1) is 0 Å². The van der Waals surface area contributed by atoms with Gasteiger partial charge in [0.25, 0.3) is 0 Å². The number of phosphoric ester groups is 2. The first-order chi connectivity index (χ1) is 40.7. The summed E-state index contributed by atoms with van der Waals surface area (Å²) < 4.78 is 68.1. The number of aliphatic hydroxyl groups is 1. The van der Waals surface area contributed by atoms with E-state index in [1.54, 1.807) is 0 Å². The lowest BCUT2D eigenvalue weighted by atomic mass is 9.99. The third-order valence-electron chi connectivity index (χ3n) is 15.8. The molecular weight excluding hydrogens is 1130 g/mol. The molecule has 504 valence electrons. The van der Waals surface area contributed by atoms with Crippen LogP contribution in [-0.4, -0.2) is 96.7 Å². The zero-order valence-electron chi connectivity index (χ0n) is 55.2. The molecule has 0 amide bonds. The average molecular weight is 1260 g/mol. The van der Waals surface area contributed by atoms with Crippen LogP contribution in [0.4, 0.5) is 0 Å². The first-order valence-electron chi connectivity index (χ1n) is 34.3. The topological polar surface area (TPSA) is 237 Å². The van der Waals surface area contributed by atoms with E-state index in [9.17, 15) is 43.2 Å². The van der Waals surface area contributed by atoms with Crippen LogP contribution in [-0.2, 0) is 65.4 Å². The molecule has 7 atom stereocenters. The van der Waals surface area contributed by atoms with Crippen molar-refractivity contribution in [3.05, 3.63) is 0 Å². The second-order valence-electron chi connectivity index (χ2n) is 25.3. The van der Waals surface area contributed by atoms with Crippen LogP contribution in [0.5, 0.6) is 0 Å². The molecule has 0 spiro atoms. The first kappa shape index (κ1) is 83.1. The van der Waals surface area contributed by atoms with E-state index in [-0.39, 0.29) is 25.7 Å². The maximum absolute atomic E-state index is 13.0. The Labute approximate surface area is 517 Å². The molecule has 0 radical (unpaired) electrons. The van der Waals surface area contributed by atoms with Crippen molar-refractivity contribution in [1.82, 2.24) is 0 Å². The van der Waals surface area contributed by atoms with Gasteiger partial charge in [0.2, 0.25) is 0 Å². The van der Waals surface area contributed by atoms with Gasteiger partial charge in [-0.3, -0.25) is 37.3 Å². The molecule has 4 unspecified atom stereocenters. The van der Waals surface area contributed by atoms with Crippen molar-refractivity contribution >= 4 is 39.5 Å². The third kappa shape index (κ3) is 58.2. The summed E-state index contributed by atoms with van der Waals surface area (Å²) in [4.78, 5) is 72.3. The van der Waals surface area contributed by atoms with Crippen LogP contribution in [0.3, 0.4) is 0 Å². The van der Waals surface area contributed by atoms with Gasteiger partial charge in [0.05, 0.1) is 26.4 Å². The number of rotatable bonds is 63. The number of aliphatic hydroxyl groups excluding tert-OH is 1. The van der Waals surface area contributed by atoms with Gasteiger partial charge in [-0.05, 0) is 49.4 Å². The standard InChI is InChI=1S/C66H128O17P2/c1-9-58(7)44-36-28-19-15-11-12-16-20-30-38-46-63(68)76-52-62(83-66(71)49-41-33-25-23-29-37-45-59(8)10-2)55-81-85(74,75)79-51-60(67)50-78-84(72,73)80-54-61(53-77-64(69)47-39-31-24-22-27-35-43-57(5)6)82-65(70)48-40-32-21-17-13-14-18-26-34-42-56(3)4/h56-62,67H,9-55H2,1-8H3,(H,72,73)(H,74,75)/t58?,59?,60-,61+,62+/m0/s1. The summed E-state index contributed by atoms with van der Waals surface area (Å²) in [5, 5.41) is 10.5. The van der Waals surface area contributed by atoms with E-state index in [1.807, 2.05) is 0 Å². The smallest absolute Gasteiger partial charge is 0.462 e. The number of hydrogen-bond acceptors (Lipinski definition) is 15. The quantitative estimate of drug-likeness (QED) is 0.0222. The zero-order valence-corrected chi connectivity index (χ0v) is 57.0. The van der Waals surface area contributed by atoms with Crippen LogP contribution >= 0.6 is 15.6 Å². The molecule has 3 N–H and O–H groups in total. The van der Waals surface area contributed by atoms with E-state index in [0.29, 0.717) is 31.6 Å². The maximum atomic E-state index is 13.0. The Balaban J connectivity index is 5.24. The summed E-state index contributed by atoms with van der Waals surface area (Å²) in [5.41, 5.74) is 0. The molecule has 0 saturated carbocycles. The number of carbonyl (C=O) groups is 4. The molecule has 0 aromatic carbocycles. The van der Waals surface area contributed by atoms with E-state index < -0.39 is 97.5 Å². The highest BCUT2D eigenvalue weighted by molar-refractivity contribution is 7.47. The summed E-state index contributed by atoms with van der Waals surface area (Å²) in [7, 11) is -9.89. The van der Waals surface area contributed by atoms with Crippen molar-refractivity contribution in [1.29, 1.82) is 0 Å². The van der Waals surface area contributed by atoms with Crippen LogP contribution in [0.2, 0.25) is 0 Å². The van der Waals surface area contributed by atoms with E-state index in [4.69, 9.17) is 37.0 Å². The second kappa shape index (κ2) is 56.1. The highest BCUT2D eigenvalue weighted by Crippen LogP contribution is 2.45. The van der Waals surface area contributed by atoms with Crippen molar-refractivity contribution in [3.8, 4) is 0 Å². The van der Waals surface area contributed by atoms with E-state index in [1.165, 1.54) is 116 Å². The molecule has 85 heavy (non-hydrogen) atoms. The van der Waals surface area contributed by atoms with Crippen LogP contribution in [0.15, 0.2) is 0 Å². The SMILES string of the molecule is CCC(C)CCCCCCCCCCCCC(=O)OC[C@H](COP(=O)(O)OC[C@@H](O)COP(=O)(O)OC[C@@H](COC(=O)CCCCCCCCC(C)C)OC(=O)CCCCCCCCCCCC(C)C)OC(=O)CCCCCCCCC(C)CC. The largest absolute Gasteiger partial charge is 0.472 e. The van der Waals surface area contributed by atoms with Crippen LogP contribution in [0.25, 0.3) is 0 Å². The Hall–Kier alpha value is -1.94. The number of carbonyl (C=O) groups excluding carboxylic acids is 4. The summed E-state index contributed by atoms with van der Waals surface area (Å²) in [6.07, 6.45) is 36.3. The van der Waals surface area contributed by atoms with E-state index in [2.05, 4.69) is 55.4 Å². The number of unbranched alkanes of at least 4 members (excludes halogenated alkanes) is 27. The summed E-state index contributed by atoms with van der Waals surface area (Å²) >= 11 is 0. The molecule has 0 saturated heterocycles. The van der Waals surface area contributed by atoms with Gasteiger partial charge >= 0.3 is 39.5 Å². The Morgan fingerprint density at radius 1 is 0.329 bits per heavy atom. The van der Waals surface area contributed by atoms with Gasteiger partial charge in [-0.25, -0.2) is 9.13 Å². The molecule has 0 aromatic heterocycles. The van der Waals surface area contributed by atoms with Gasteiger partial charge < -0.3 is 33.8 Å². The van der Waals surface area contributed by atoms with E-state index >= 15 is 0 Å². The monoisotopic (exact) mass is 1250 g/mol. The lowest BCUT2D eigenvalue weighted by molar-refractivity contribution is -0.161. The lowest BCUT2D eigenvalue weighted by Gasteiger charge is -2.21. The Kier molecular flexibility index (Phi) is 54.8. The summed E-state index contributed by atoms with van der Waals surface area (Å²) in [6.45, 7) is 14.0. The molecule has 0 aromatic rings. The van der Waals surface area contributed by atoms with Crippen LogP contribution in [0.1, 0.15) is 319 Å². The number of hydrogen-bond donors (Lipinski definition) is 3. The van der Waals surface area contributed by atoms with Gasteiger partial charge in [-0.2, -0.15) is 0 Å². The Morgan fingerprint density at radius 3 is 0.835 bits per heavy atom. The molecule has 0 aliphatic rings. The predicted octanol–water partition coefficient (Wildman–Crippen LogP) is 18.1. The summed E-state index contributed by atoms with van der Waals surface area (Å²) in [6, 6.07) is 0. The first-order valence-corrected chi connectivity index (χ1v) is 37.3. The fraction of sp³-hybridized carbons (Fsp3) is 0.939. The Morgan fingerprint density at radius 2 is 0.565 bits per heavy atom.